The average molecular weight is 503 g/mol. The van der Waals surface area contributed by atoms with Gasteiger partial charge in [0.05, 0.1) is 28.4 Å². The van der Waals surface area contributed by atoms with Gasteiger partial charge in [-0.05, 0) is 42.9 Å². The molecule has 1 aliphatic rings. The van der Waals surface area contributed by atoms with Gasteiger partial charge in [-0.25, -0.2) is 4.98 Å². The summed E-state index contributed by atoms with van der Waals surface area (Å²) >= 11 is 0. The molecular formula is C27H30N6O4. The van der Waals surface area contributed by atoms with Crippen LogP contribution >= 0.6 is 0 Å². The fourth-order valence-corrected chi connectivity index (χ4v) is 4.37. The van der Waals surface area contributed by atoms with Crippen molar-refractivity contribution in [3.8, 4) is 0 Å². The van der Waals surface area contributed by atoms with Gasteiger partial charge in [0, 0.05) is 38.0 Å². The maximum atomic E-state index is 13.9. The Morgan fingerprint density at radius 3 is 2.41 bits per heavy atom. The highest BCUT2D eigenvalue weighted by Crippen LogP contribution is 2.36. The molecule has 2 heterocycles. The highest BCUT2D eigenvalue weighted by molar-refractivity contribution is 6.17. The van der Waals surface area contributed by atoms with Crippen molar-refractivity contribution in [2.75, 3.05) is 42.9 Å². The van der Waals surface area contributed by atoms with Gasteiger partial charge in [-0.2, -0.15) is 0 Å². The summed E-state index contributed by atoms with van der Waals surface area (Å²) in [4.78, 5) is 47.6. The topological polar surface area (TPSA) is 112 Å². The van der Waals surface area contributed by atoms with Gasteiger partial charge in [-0.1, -0.05) is 38.1 Å². The van der Waals surface area contributed by atoms with Crippen LogP contribution in [-0.2, 0) is 11.3 Å². The van der Waals surface area contributed by atoms with Crippen LogP contribution in [0.2, 0.25) is 0 Å². The first-order chi connectivity index (χ1) is 17.9. The molecule has 2 aromatic carbocycles. The number of nitrogens with one attached hydrogen (secondary N) is 1. The summed E-state index contributed by atoms with van der Waals surface area (Å²) in [6.45, 7) is 7.85. The van der Waals surface area contributed by atoms with Crippen LogP contribution in [0.15, 0.2) is 66.9 Å². The van der Waals surface area contributed by atoms with Crippen LogP contribution in [0.25, 0.3) is 0 Å². The normalized spacial score (nSPS) is 12.6. The third-order valence-electron chi connectivity index (χ3n) is 6.42. The number of aromatic nitrogens is 1. The van der Waals surface area contributed by atoms with Gasteiger partial charge in [-0.3, -0.25) is 29.5 Å². The first kappa shape index (κ1) is 25.9. The Hall–Kier alpha value is -4.15. The number of amides is 2. The molecule has 0 unspecified atom stereocenters. The van der Waals surface area contributed by atoms with E-state index in [2.05, 4.69) is 29.0 Å². The molecule has 0 radical (unpaired) electrons. The summed E-state index contributed by atoms with van der Waals surface area (Å²) in [6.07, 6.45) is 1.59. The average Bonchev–Trinajstić information content (AvgIpc) is 3.03. The van der Waals surface area contributed by atoms with Crippen LogP contribution in [0.4, 0.5) is 22.9 Å². The van der Waals surface area contributed by atoms with Crippen molar-refractivity contribution in [3.05, 3.63) is 88.1 Å². The lowest BCUT2D eigenvalue weighted by molar-refractivity contribution is -0.384. The van der Waals surface area contributed by atoms with Crippen molar-refractivity contribution in [3.63, 3.8) is 0 Å². The molecule has 0 atom stereocenters. The maximum absolute atomic E-state index is 13.9. The Bertz CT molecular complexity index is 1280. The smallest absolute Gasteiger partial charge is 0.269 e. The Kier molecular flexibility index (Phi) is 8.22. The summed E-state index contributed by atoms with van der Waals surface area (Å²) in [5.41, 5.74) is 2.21. The first-order valence-electron chi connectivity index (χ1n) is 12.3. The van der Waals surface area contributed by atoms with E-state index in [0.717, 1.165) is 25.2 Å². The van der Waals surface area contributed by atoms with E-state index in [1.165, 1.54) is 17.0 Å². The molecule has 2 amide bonds. The molecule has 0 aliphatic carbocycles. The Morgan fingerprint density at radius 1 is 1.00 bits per heavy atom. The molecule has 4 rings (SSSR count). The van der Waals surface area contributed by atoms with Gasteiger partial charge in [0.1, 0.15) is 0 Å². The summed E-state index contributed by atoms with van der Waals surface area (Å²) in [5, 5.41) is 13.9. The van der Waals surface area contributed by atoms with Gasteiger partial charge >= 0.3 is 0 Å². The van der Waals surface area contributed by atoms with E-state index < -0.39 is 4.92 Å². The molecule has 0 saturated heterocycles. The van der Waals surface area contributed by atoms with E-state index >= 15 is 0 Å². The SMILES string of the molecule is CCN(CC)CCN(CC(=O)N1c2ccccc2C(=O)Nc2cccnc21)Cc1ccc([N+](=O)[O-])cc1. The number of hydrogen-bond acceptors (Lipinski definition) is 7. The zero-order chi connectivity index (χ0) is 26.4. The van der Waals surface area contributed by atoms with Gasteiger partial charge < -0.3 is 10.2 Å². The lowest BCUT2D eigenvalue weighted by Crippen LogP contribution is -2.42. The lowest BCUT2D eigenvalue weighted by atomic mass is 10.1. The third-order valence-corrected chi connectivity index (χ3v) is 6.42. The zero-order valence-electron chi connectivity index (χ0n) is 21.0. The van der Waals surface area contributed by atoms with E-state index in [1.807, 2.05) is 4.90 Å². The van der Waals surface area contributed by atoms with E-state index in [9.17, 15) is 19.7 Å². The number of benzene rings is 2. The molecule has 37 heavy (non-hydrogen) atoms. The predicted molar refractivity (Wildman–Crippen MR) is 142 cm³/mol. The highest BCUT2D eigenvalue weighted by Gasteiger charge is 2.31. The number of pyridine rings is 1. The molecule has 192 valence electrons. The Balaban J connectivity index is 1.64. The number of fused-ring (bicyclic) bond motifs is 2. The van der Waals surface area contributed by atoms with Crippen molar-refractivity contribution in [2.24, 2.45) is 0 Å². The molecule has 0 fully saturated rings. The number of carbonyl (C=O) groups is 2. The number of hydrogen-bond donors (Lipinski definition) is 1. The monoisotopic (exact) mass is 502 g/mol. The summed E-state index contributed by atoms with van der Waals surface area (Å²) in [7, 11) is 0. The van der Waals surface area contributed by atoms with E-state index in [1.54, 1.807) is 54.7 Å². The number of likely N-dealkylation sites (N-methyl/N-ethyl adjacent to an activating group) is 1. The number of anilines is 3. The van der Waals surface area contributed by atoms with Crippen LogP contribution in [0.3, 0.4) is 0 Å². The first-order valence-corrected chi connectivity index (χ1v) is 12.3. The molecule has 0 bridgehead atoms. The second-order valence-electron chi connectivity index (χ2n) is 8.74. The second-order valence-corrected chi connectivity index (χ2v) is 8.74. The van der Waals surface area contributed by atoms with Crippen LogP contribution in [0.5, 0.6) is 0 Å². The number of carbonyl (C=O) groups excluding carboxylic acids is 2. The van der Waals surface area contributed by atoms with E-state index in [4.69, 9.17) is 0 Å². The van der Waals surface area contributed by atoms with E-state index in [0.29, 0.717) is 35.8 Å². The number of nitro benzene ring substituents is 1. The molecule has 1 N–H and O–H groups in total. The molecule has 1 aliphatic heterocycles. The minimum Gasteiger partial charge on any atom is -0.319 e. The number of rotatable bonds is 10. The number of nitrogens with zero attached hydrogens (tertiary/aromatic N) is 5. The van der Waals surface area contributed by atoms with Crippen molar-refractivity contribution in [2.45, 2.75) is 20.4 Å². The lowest BCUT2D eigenvalue weighted by Gasteiger charge is -2.29. The molecule has 3 aromatic rings. The number of nitro groups is 1. The third kappa shape index (κ3) is 5.99. The molecular weight excluding hydrogens is 472 g/mol. The van der Waals surface area contributed by atoms with Crippen LogP contribution in [-0.4, -0.2) is 64.2 Å². The van der Waals surface area contributed by atoms with Crippen LogP contribution in [0, 0.1) is 10.1 Å². The van der Waals surface area contributed by atoms with Crippen molar-refractivity contribution >= 4 is 34.7 Å². The van der Waals surface area contributed by atoms with E-state index in [-0.39, 0.29) is 24.0 Å². The molecule has 1 aromatic heterocycles. The van der Waals surface area contributed by atoms with Gasteiger partial charge in [0.15, 0.2) is 5.82 Å². The van der Waals surface area contributed by atoms with Gasteiger partial charge in [0.2, 0.25) is 5.91 Å². The van der Waals surface area contributed by atoms with Gasteiger partial charge in [-0.15, -0.1) is 0 Å². The maximum Gasteiger partial charge on any atom is 0.269 e. The molecule has 10 heteroatoms. The number of non-ortho nitro benzene ring substituents is 1. The summed E-state index contributed by atoms with van der Waals surface area (Å²) in [5.74, 6) is -0.167. The predicted octanol–water partition coefficient (Wildman–Crippen LogP) is 4.06. The quantitative estimate of drug-likeness (QED) is 0.329. The van der Waals surface area contributed by atoms with Crippen LogP contribution in [0.1, 0.15) is 29.8 Å². The molecule has 0 saturated carbocycles. The second kappa shape index (κ2) is 11.7. The minimum absolute atomic E-state index is 0.0236. The fourth-order valence-electron chi connectivity index (χ4n) is 4.37. The van der Waals surface area contributed by atoms with Crippen LogP contribution < -0.4 is 10.2 Å². The zero-order valence-corrected chi connectivity index (χ0v) is 21.0. The largest absolute Gasteiger partial charge is 0.319 e. The Labute approximate surface area is 215 Å². The van der Waals surface area contributed by atoms with Gasteiger partial charge in [0.25, 0.3) is 11.6 Å². The highest BCUT2D eigenvalue weighted by atomic mass is 16.6. The standard InChI is InChI=1S/C27H30N6O4/c1-3-30(4-2)16-17-31(18-20-11-13-21(14-12-20)33(36)37)19-25(34)32-24-10-6-5-8-22(24)27(35)29-23-9-7-15-28-26(23)32/h5-15H,3-4,16-19H2,1-2H3,(H,29,35). The van der Waals surface area contributed by atoms with Crippen molar-refractivity contribution in [1.82, 2.24) is 14.8 Å². The molecule has 0 spiro atoms. The molecule has 10 nitrogen and oxygen atoms in total. The van der Waals surface area contributed by atoms with Crippen molar-refractivity contribution < 1.29 is 14.5 Å². The minimum atomic E-state index is -0.429. The van der Waals surface area contributed by atoms with Crippen molar-refractivity contribution in [1.29, 1.82) is 0 Å². The summed E-state index contributed by atoms with van der Waals surface area (Å²) < 4.78 is 0. The summed E-state index contributed by atoms with van der Waals surface area (Å²) in [6, 6.07) is 16.8. The number of para-hydroxylation sites is 1. The Morgan fingerprint density at radius 2 is 1.70 bits per heavy atom. The fraction of sp³-hybridized carbons (Fsp3) is 0.296.